The highest BCUT2D eigenvalue weighted by atomic mass is 16.5. The van der Waals surface area contributed by atoms with Crippen molar-refractivity contribution in [2.24, 2.45) is 0 Å². The van der Waals surface area contributed by atoms with Gasteiger partial charge in [0.2, 0.25) is 0 Å². The molecule has 108 valence electrons. The molecule has 0 amide bonds. The average Bonchev–Trinajstić information content (AvgIpc) is 2.85. The molecule has 0 saturated heterocycles. The van der Waals surface area contributed by atoms with Crippen molar-refractivity contribution in [1.29, 1.82) is 0 Å². The summed E-state index contributed by atoms with van der Waals surface area (Å²) in [6.07, 6.45) is 1.98. The second-order valence-electron chi connectivity index (χ2n) is 5.06. The van der Waals surface area contributed by atoms with Crippen molar-refractivity contribution in [3.05, 3.63) is 48.3 Å². The van der Waals surface area contributed by atoms with Crippen LogP contribution in [0.4, 0.5) is 5.69 Å². The van der Waals surface area contributed by atoms with E-state index in [-0.39, 0.29) is 0 Å². The maximum Gasteiger partial charge on any atom is 0.119 e. The molecular weight excluding hydrogens is 262 g/mol. The van der Waals surface area contributed by atoms with Crippen LogP contribution in [0, 0.1) is 0 Å². The van der Waals surface area contributed by atoms with E-state index < -0.39 is 0 Å². The third-order valence-electron chi connectivity index (χ3n) is 3.55. The minimum Gasteiger partial charge on any atom is -0.497 e. The lowest BCUT2D eigenvalue weighted by atomic mass is 10.2. The lowest BCUT2D eigenvalue weighted by Crippen LogP contribution is -2.01. The molecule has 0 radical (unpaired) electrons. The zero-order valence-electron chi connectivity index (χ0n) is 12.3. The predicted octanol–water partition coefficient (Wildman–Crippen LogP) is 3.57. The molecule has 0 aliphatic rings. The van der Waals surface area contributed by atoms with E-state index in [0.29, 0.717) is 0 Å². The fourth-order valence-electron chi connectivity index (χ4n) is 2.56. The minimum atomic E-state index is 0.741. The second kappa shape index (κ2) is 5.48. The molecule has 3 aromatic rings. The number of hydrogen-bond acceptors (Lipinski definition) is 3. The topological polar surface area (TPSA) is 53.1 Å². The van der Waals surface area contributed by atoms with Crippen LogP contribution in [0.5, 0.6) is 5.75 Å². The van der Waals surface area contributed by atoms with Gasteiger partial charge in [-0.3, -0.25) is 4.57 Å². The maximum absolute atomic E-state index is 5.87. The Morgan fingerprint density at radius 2 is 1.90 bits per heavy atom. The normalized spacial score (nSPS) is 11.0. The molecule has 0 unspecified atom stereocenters. The van der Waals surface area contributed by atoms with Gasteiger partial charge in [0.05, 0.1) is 18.1 Å². The fourth-order valence-corrected chi connectivity index (χ4v) is 2.56. The smallest absolute Gasteiger partial charge is 0.119 e. The summed E-state index contributed by atoms with van der Waals surface area (Å²) in [6.45, 7) is 2.16. The number of benzene rings is 2. The Hall–Kier alpha value is -2.49. The largest absolute Gasteiger partial charge is 0.497 e. The van der Waals surface area contributed by atoms with Crippen LogP contribution in [0.2, 0.25) is 0 Å². The molecule has 4 heteroatoms. The van der Waals surface area contributed by atoms with Gasteiger partial charge in [-0.1, -0.05) is 6.92 Å². The van der Waals surface area contributed by atoms with Crippen molar-refractivity contribution in [2.45, 2.75) is 19.8 Å². The highest BCUT2D eigenvalue weighted by Crippen LogP contribution is 2.25. The van der Waals surface area contributed by atoms with Crippen molar-refractivity contribution in [3.8, 4) is 11.4 Å². The summed E-state index contributed by atoms with van der Waals surface area (Å²) in [5, 5.41) is 0. The first-order chi connectivity index (χ1) is 10.2. The van der Waals surface area contributed by atoms with Gasteiger partial charge in [-0.25, -0.2) is 4.98 Å². The number of aryl methyl sites for hydroxylation is 1. The maximum atomic E-state index is 5.87. The van der Waals surface area contributed by atoms with Gasteiger partial charge in [0, 0.05) is 17.8 Å². The van der Waals surface area contributed by atoms with Crippen molar-refractivity contribution in [1.82, 2.24) is 9.55 Å². The molecule has 3 rings (SSSR count). The SMILES string of the molecule is CCCc1nc2cc(N)ccc2n1-c1ccc(OC)cc1. The fraction of sp³-hybridized carbons (Fsp3) is 0.235. The average molecular weight is 281 g/mol. The number of nitrogens with two attached hydrogens (primary N) is 1. The number of nitrogen functional groups attached to an aromatic ring is 1. The number of imidazole rings is 1. The summed E-state index contributed by atoms with van der Waals surface area (Å²) in [7, 11) is 1.67. The molecule has 2 aromatic carbocycles. The van der Waals surface area contributed by atoms with Gasteiger partial charge >= 0.3 is 0 Å². The van der Waals surface area contributed by atoms with E-state index in [2.05, 4.69) is 23.6 Å². The minimum absolute atomic E-state index is 0.741. The van der Waals surface area contributed by atoms with Gasteiger partial charge in [0.1, 0.15) is 11.6 Å². The first-order valence-electron chi connectivity index (χ1n) is 7.14. The Kier molecular flexibility index (Phi) is 3.52. The zero-order chi connectivity index (χ0) is 14.8. The van der Waals surface area contributed by atoms with Crippen LogP contribution in [-0.2, 0) is 6.42 Å². The van der Waals surface area contributed by atoms with Crippen LogP contribution >= 0.6 is 0 Å². The molecule has 0 aliphatic heterocycles. The Morgan fingerprint density at radius 3 is 2.57 bits per heavy atom. The molecule has 0 fully saturated rings. The van der Waals surface area contributed by atoms with Gasteiger partial charge in [-0.05, 0) is 48.9 Å². The Morgan fingerprint density at radius 1 is 1.14 bits per heavy atom. The van der Waals surface area contributed by atoms with Gasteiger partial charge in [0.15, 0.2) is 0 Å². The number of methoxy groups -OCH3 is 1. The lowest BCUT2D eigenvalue weighted by molar-refractivity contribution is 0.414. The van der Waals surface area contributed by atoms with Crippen LogP contribution < -0.4 is 10.5 Å². The molecule has 0 spiro atoms. The Labute approximate surface area is 124 Å². The molecule has 1 heterocycles. The van der Waals surface area contributed by atoms with E-state index in [0.717, 1.165) is 46.8 Å². The number of aromatic nitrogens is 2. The summed E-state index contributed by atoms with van der Waals surface area (Å²) in [5.41, 5.74) is 9.72. The number of rotatable bonds is 4. The summed E-state index contributed by atoms with van der Waals surface area (Å²) >= 11 is 0. The first kappa shape index (κ1) is 13.5. The van der Waals surface area contributed by atoms with Crippen LogP contribution in [0.25, 0.3) is 16.7 Å². The van der Waals surface area contributed by atoms with Crippen LogP contribution in [0.3, 0.4) is 0 Å². The van der Waals surface area contributed by atoms with Gasteiger partial charge in [-0.15, -0.1) is 0 Å². The van der Waals surface area contributed by atoms with Crippen molar-refractivity contribution >= 4 is 16.7 Å². The van der Waals surface area contributed by atoms with E-state index in [4.69, 9.17) is 15.5 Å². The third-order valence-corrected chi connectivity index (χ3v) is 3.55. The quantitative estimate of drug-likeness (QED) is 0.744. The van der Waals surface area contributed by atoms with Crippen molar-refractivity contribution in [3.63, 3.8) is 0 Å². The molecule has 4 nitrogen and oxygen atoms in total. The van der Waals surface area contributed by atoms with E-state index in [1.54, 1.807) is 7.11 Å². The van der Waals surface area contributed by atoms with Crippen LogP contribution in [0.15, 0.2) is 42.5 Å². The molecular formula is C17H19N3O. The number of nitrogens with zero attached hydrogens (tertiary/aromatic N) is 2. The van der Waals surface area contributed by atoms with Gasteiger partial charge in [-0.2, -0.15) is 0 Å². The molecule has 0 saturated carbocycles. The number of ether oxygens (including phenoxy) is 1. The summed E-state index contributed by atoms with van der Waals surface area (Å²) in [6, 6.07) is 13.9. The van der Waals surface area contributed by atoms with Crippen molar-refractivity contribution < 1.29 is 4.74 Å². The summed E-state index contributed by atoms with van der Waals surface area (Å²) in [4.78, 5) is 4.73. The molecule has 0 bridgehead atoms. The molecule has 21 heavy (non-hydrogen) atoms. The van der Waals surface area contributed by atoms with Crippen molar-refractivity contribution in [2.75, 3.05) is 12.8 Å². The molecule has 2 N–H and O–H groups in total. The second-order valence-corrected chi connectivity index (χ2v) is 5.06. The standard InChI is InChI=1S/C17H19N3O/c1-3-4-17-19-15-11-12(18)5-10-16(15)20(17)13-6-8-14(21-2)9-7-13/h5-11H,3-4,18H2,1-2H3. The zero-order valence-corrected chi connectivity index (χ0v) is 12.3. The highest BCUT2D eigenvalue weighted by molar-refractivity contribution is 5.81. The van der Waals surface area contributed by atoms with E-state index in [1.165, 1.54) is 0 Å². The Bertz CT molecular complexity index is 760. The molecule has 1 aromatic heterocycles. The predicted molar refractivity (Wildman–Crippen MR) is 86.0 cm³/mol. The lowest BCUT2D eigenvalue weighted by Gasteiger charge is -2.09. The number of fused-ring (bicyclic) bond motifs is 1. The third kappa shape index (κ3) is 2.44. The number of anilines is 1. The summed E-state index contributed by atoms with van der Waals surface area (Å²) < 4.78 is 7.42. The summed E-state index contributed by atoms with van der Waals surface area (Å²) in [5.74, 6) is 1.91. The highest BCUT2D eigenvalue weighted by Gasteiger charge is 2.12. The van der Waals surface area contributed by atoms with E-state index >= 15 is 0 Å². The Balaban J connectivity index is 2.20. The van der Waals surface area contributed by atoms with Crippen LogP contribution in [0.1, 0.15) is 19.2 Å². The van der Waals surface area contributed by atoms with Crippen LogP contribution in [-0.4, -0.2) is 16.7 Å². The van der Waals surface area contributed by atoms with Gasteiger partial charge < -0.3 is 10.5 Å². The van der Waals surface area contributed by atoms with E-state index in [9.17, 15) is 0 Å². The first-order valence-corrected chi connectivity index (χ1v) is 7.14. The van der Waals surface area contributed by atoms with Gasteiger partial charge in [0.25, 0.3) is 0 Å². The molecule has 0 aliphatic carbocycles. The number of hydrogen-bond donors (Lipinski definition) is 1. The monoisotopic (exact) mass is 281 g/mol. The molecule has 0 atom stereocenters. The van der Waals surface area contributed by atoms with E-state index in [1.807, 2.05) is 30.3 Å².